The number of hydrogen-bond acceptors (Lipinski definition) is 4. The average Bonchev–Trinajstić information content (AvgIpc) is 3.46. The van der Waals surface area contributed by atoms with E-state index >= 15 is 0 Å². The van der Waals surface area contributed by atoms with E-state index in [9.17, 15) is 18.0 Å². The topological polar surface area (TPSA) is 86.8 Å². The van der Waals surface area contributed by atoms with Crippen LogP contribution in [0.1, 0.15) is 55.2 Å². The Labute approximate surface area is 254 Å². The first-order valence-electron chi connectivity index (χ1n) is 14.5. The van der Waals surface area contributed by atoms with Gasteiger partial charge < -0.3 is 10.2 Å². The van der Waals surface area contributed by atoms with Gasteiger partial charge in [0.15, 0.2) is 0 Å². The van der Waals surface area contributed by atoms with E-state index in [1.807, 2.05) is 61.5 Å². The van der Waals surface area contributed by atoms with Crippen molar-refractivity contribution in [1.29, 1.82) is 0 Å². The smallest absolute Gasteiger partial charge is 0.243 e. The number of nitrogens with zero attached hydrogens (tertiary/aromatic N) is 2. The first-order valence-corrected chi connectivity index (χ1v) is 16.8. The summed E-state index contributed by atoms with van der Waals surface area (Å²) in [7, 11) is -3.56. The molecular weight excluding hydrogens is 570 g/mol. The van der Waals surface area contributed by atoms with Crippen molar-refractivity contribution in [2.75, 3.05) is 17.1 Å². The van der Waals surface area contributed by atoms with Gasteiger partial charge in [0.1, 0.15) is 6.04 Å². The maximum absolute atomic E-state index is 14.0. The van der Waals surface area contributed by atoms with E-state index < -0.39 is 16.1 Å². The lowest BCUT2D eigenvalue weighted by molar-refractivity contribution is -0.141. The van der Waals surface area contributed by atoms with E-state index in [2.05, 4.69) is 5.32 Å². The Bertz CT molecular complexity index is 1440. The van der Waals surface area contributed by atoms with Crippen molar-refractivity contribution in [3.63, 3.8) is 0 Å². The predicted molar refractivity (Wildman–Crippen MR) is 169 cm³/mol. The van der Waals surface area contributed by atoms with Crippen LogP contribution in [0.2, 0.25) is 5.02 Å². The molecule has 1 aliphatic rings. The molecule has 0 radical (unpaired) electrons. The van der Waals surface area contributed by atoms with Gasteiger partial charge in [0, 0.05) is 37.0 Å². The lowest BCUT2D eigenvalue weighted by Gasteiger charge is -2.33. The highest BCUT2D eigenvalue weighted by Crippen LogP contribution is 2.23. The Morgan fingerprint density at radius 1 is 0.952 bits per heavy atom. The Morgan fingerprint density at radius 3 is 2.26 bits per heavy atom. The fraction of sp³-hybridized carbons (Fsp3) is 0.394. The molecule has 0 aromatic heterocycles. The Balaban J connectivity index is 1.58. The summed E-state index contributed by atoms with van der Waals surface area (Å²) in [5, 5.41) is 3.76. The first kappa shape index (κ1) is 31.6. The molecule has 0 saturated heterocycles. The van der Waals surface area contributed by atoms with Crippen LogP contribution in [0.15, 0.2) is 78.9 Å². The maximum Gasteiger partial charge on any atom is 0.243 e. The second-order valence-electron chi connectivity index (χ2n) is 11.1. The van der Waals surface area contributed by atoms with Crippen molar-refractivity contribution in [2.45, 2.75) is 70.5 Å². The summed E-state index contributed by atoms with van der Waals surface area (Å²) in [6, 6.07) is 23.6. The van der Waals surface area contributed by atoms with Crippen LogP contribution in [0, 0.1) is 6.92 Å². The number of hydrogen-bond donors (Lipinski definition) is 1. The van der Waals surface area contributed by atoms with Gasteiger partial charge in [0.2, 0.25) is 21.8 Å². The van der Waals surface area contributed by atoms with Crippen LogP contribution in [-0.2, 0) is 32.6 Å². The Morgan fingerprint density at radius 2 is 1.62 bits per heavy atom. The first-order chi connectivity index (χ1) is 20.1. The highest BCUT2D eigenvalue weighted by atomic mass is 35.5. The Hall–Kier alpha value is -3.36. The quantitative estimate of drug-likeness (QED) is 0.262. The predicted octanol–water partition coefficient (Wildman–Crippen LogP) is 5.89. The number of nitrogens with one attached hydrogen (secondary N) is 1. The molecular formula is C33H40ClN3O4S. The lowest BCUT2D eigenvalue weighted by Crippen LogP contribution is -2.52. The van der Waals surface area contributed by atoms with Gasteiger partial charge >= 0.3 is 0 Å². The van der Waals surface area contributed by atoms with Gasteiger partial charge in [-0.2, -0.15) is 0 Å². The summed E-state index contributed by atoms with van der Waals surface area (Å²) >= 11 is 6.28. The summed E-state index contributed by atoms with van der Waals surface area (Å²) in [5.74, 6) is -0.381. The Kier molecular flexibility index (Phi) is 11.0. The number of sulfonamides is 1. The summed E-state index contributed by atoms with van der Waals surface area (Å²) in [5.41, 5.74) is 3.36. The highest BCUT2D eigenvalue weighted by molar-refractivity contribution is 7.92. The summed E-state index contributed by atoms with van der Waals surface area (Å²) in [6.07, 6.45) is 5.95. The molecule has 4 rings (SSSR count). The number of anilines is 1. The molecule has 42 heavy (non-hydrogen) atoms. The minimum atomic E-state index is -3.56. The fourth-order valence-electron chi connectivity index (χ4n) is 5.47. The number of halogens is 1. The lowest BCUT2D eigenvalue weighted by atomic mass is 10.0. The number of rotatable bonds is 13. The molecule has 0 bridgehead atoms. The third-order valence-electron chi connectivity index (χ3n) is 7.69. The molecule has 1 aliphatic carbocycles. The fourth-order valence-corrected chi connectivity index (χ4v) is 6.65. The normalized spacial score (nSPS) is 14.4. The number of carbonyl (C=O) groups is 2. The van der Waals surface area contributed by atoms with Crippen LogP contribution >= 0.6 is 11.6 Å². The average molecular weight is 610 g/mol. The van der Waals surface area contributed by atoms with Gasteiger partial charge in [-0.15, -0.1) is 0 Å². The van der Waals surface area contributed by atoms with Crippen molar-refractivity contribution in [3.8, 4) is 0 Å². The third-order valence-corrected chi connectivity index (χ3v) is 9.12. The van der Waals surface area contributed by atoms with Crippen molar-refractivity contribution in [2.24, 2.45) is 0 Å². The van der Waals surface area contributed by atoms with Crippen LogP contribution in [0.3, 0.4) is 0 Å². The molecule has 1 saturated carbocycles. The van der Waals surface area contributed by atoms with Crippen LogP contribution in [0.4, 0.5) is 5.69 Å². The number of benzene rings is 3. The summed E-state index contributed by atoms with van der Waals surface area (Å²) in [6.45, 7) is 2.30. The van der Waals surface area contributed by atoms with Gasteiger partial charge in [-0.25, -0.2) is 8.42 Å². The zero-order valence-electron chi connectivity index (χ0n) is 24.3. The van der Waals surface area contributed by atoms with E-state index in [1.165, 1.54) is 10.6 Å². The molecule has 0 heterocycles. The monoisotopic (exact) mass is 609 g/mol. The number of carbonyl (C=O) groups excluding carboxylic acids is 2. The summed E-state index contributed by atoms with van der Waals surface area (Å²) in [4.78, 5) is 29.4. The molecule has 1 unspecified atom stereocenters. The van der Waals surface area contributed by atoms with E-state index in [0.29, 0.717) is 23.6 Å². The van der Waals surface area contributed by atoms with E-state index in [1.54, 1.807) is 29.2 Å². The van der Waals surface area contributed by atoms with E-state index in [4.69, 9.17) is 11.6 Å². The zero-order chi connectivity index (χ0) is 30.1. The van der Waals surface area contributed by atoms with Gasteiger partial charge in [-0.05, 0) is 61.6 Å². The van der Waals surface area contributed by atoms with Crippen LogP contribution < -0.4 is 9.62 Å². The molecule has 0 spiro atoms. The van der Waals surface area contributed by atoms with Crippen LogP contribution in [0.25, 0.3) is 0 Å². The standard InChI is InChI=1S/C33H40ClN3O4S/c1-25-17-19-30(20-18-25)37(42(2,40)41)21-9-16-32(38)36(24-27-12-8-13-28(34)22-27)31(23-26-10-4-3-5-11-26)33(39)35-29-14-6-7-15-29/h3-5,8,10-13,17-20,22,29,31H,6-7,9,14-16,21,23-24H2,1-2H3,(H,35,39). The minimum absolute atomic E-state index is 0.0838. The molecule has 1 N–H and O–H groups in total. The largest absolute Gasteiger partial charge is 0.352 e. The van der Waals surface area contributed by atoms with Crippen molar-refractivity contribution in [1.82, 2.24) is 10.2 Å². The molecule has 3 aromatic carbocycles. The van der Waals surface area contributed by atoms with Gasteiger partial charge in [0.25, 0.3) is 0 Å². The zero-order valence-corrected chi connectivity index (χ0v) is 25.9. The van der Waals surface area contributed by atoms with Crippen LogP contribution in [0.5, 0.6) is 0 Å². The van der Waals surface area contributed by atoms with Crippen LogP contribution in [-0.4, -0.2) is 50.0 Å². The molecule has 224 valence electrons. The minimum Gasteiger partial charge on any atom is -0.352 e. The molecule has 0 aliphatic heterocycles. The molecule has 9 heteroatoms. The van der Waals surface area contributed by atoms with Gasteiger partial charge in [-0.1, -0.05) is 84.6 Å². The van der Waals surface area contributed by atoms with E-state index in [0.717, 1.165) is 42.4 Å². The second-order valence-corrected chi connectivity index (χ2v) is 13.5. The highest BCUT2D eigenvalue weighted by Gasteiger charge is 2.32. The maximum atomic E-state index is 14.0. The third kappa shape index (κ3) is 9.07. The van der Waals surface area contributed by atoms with E-state index in [-0.39, 0.29) is 37.4 Å². The second kappa shape index (κ2) is 14.7. The molecule has 2 amide bonds. The molecule has 7 nitrogen and oxygen atoms in total. The molecule has 1 atom stereocenters. The molecule has 3 aromatic rings. The number of aryl methyl sites for hydroxylation is 1. The van der Waals surface area contributed by atoms with Crippen molar-refractivity contribution >= 4 is 39.1 Å². The van der Waals surface area contributed by atoms with Gasteiger partial charge in [-0.3, -0.25) is 13.9 Å². The van der Waals surface area contributed by atoms with Crippen molar-refractivity contribution in [3.05, 3.63) is 101 Å². The SMILES string of the molecule is Cc1ccc(N(CCCC(=O)N(Cc2cccc(Cl)c2)C(Cc2ccccc2)C(=O)NC2CCCC2)S(C)(=O)=O)cc1. The molecule has 1 fully saturated rings. The van der Waals surface area contributed by atoms with Crippen molar-refractivity contribution < 1.29 is 18.0 Å². The number of amides is 2. The summed E-state index contributed by atoms with van der Waals surface area (Å²) < 4.78 is 26.6. The van der Waals surface area contributed by atoms with Gasteiger partial charge in [0.05, 0.1) is 11.9 Å².